The minimum absolute atomic E-state index is 0.0175. The average molecular weight is 264 g/mol. The summed E-state index contributed by atoms with van der Waals surface area (Å²) in [4.78, 5) is 22.8. The summed E-state index contributed by atoms with van der Waals surface area (Å²) in [7, 11) is 0. The van der Waals surface area contributed by atoms with Gasteiger partial charge in [0.1, 0.15) is 0 Å². The summed E-state index contributed by atoms with van der Waals surface area (Å²) < 4.78 is 0. The fraction of sp³-hybridized carbons (Fsp3) is 0.429. The van der Waals surface area contributed by atoms with Gasteiger partial charge in [-0.05, 0) is 37.1 Å². The van der Waals surface area contributed by atoms with Crippen molar-refractivity contribution in [1.82, 2.24) is 5.32 Å². The van der Waals surface area contributed by atoms with Crippen LogP contribution in [-0.4, -0.2) is 29.6 Å². The Balaban J connectivity index is 2.59. The monoisotopic (exact) mass is 264 g/mol. The van der Waals surface area contributed by atoms with Gasteiger partial charge in [0.25, 0.3) is 0 Å². The lowest BCUT2D eigenvalue weighted by Crippen LogP contribution is -2.43. The average Bonchev–Trinajstić information content (AvgIpc) is 2.36. The van der Waals surface area contributed by atoms with Gasteiger partial charge >= 0.3 is 6.03 Å². The van der Waals surface area contributed by atoms with Gasteiger partial charge in [0.2, 0.25) is 0 Å². The van der Waals surface area contributed by atoms with Gasteiger partial charge in [0, 0.05) is 11.3 Å². The van der Waals surface area contributed by atoms with Gasteiger partial charge in [-0.25, -0.2) is 4.79 Å². The Bertz CT molecular complexity index is 441. The van der Waals surface area contributed by atoms with Gasteiger partial charge in [-0.15, -0.1) is 0 Å². The number of carbonyl (C=O) groups is 2. The zero-order valence-corrected chi connectivity index (χ0v) is 11.4. The minimum atomic E-state index is -0.372. The van der Waals surface area contributed by atoms with E-state index in [2.05, 4.69) is 10.6 Å². The molecule has 0 aliphatic rings. The normalized spacial score (nSPS) is 12.1. The minimum Gasteiger partial charge on any atom is -0.394 e. The second-order valence-electron chi connectivity index (χ2n) is 4.77. The molecule has 1 aromatic carbocycles. The summed E-state index contributed by atoms with van der Waals surface area (Å²) in [6, 6.07) is 5.99. The Morgan fingerprint density at radius 3 is 2.21 bits per heavy atom. The molecule has 2 amide bonds. The number of nitrogens with one attached hydrogen (secondary N) is 2. The molecule has 0 saturated heterocycles. The van der Waals surface area contributed by atoms with Crippen LogP contribution in [0.3, 0.4) is 0 Å². The fourth-order valence-corrected chi connectivity index (χ4v) is 1.55. The number of urea groups is 1. The third-order valence-electron chi connectivity index (χ3n) is 2.87. The lowest BCUT2D eigenvalue weighted by Gasteiger charge is -2.20. The number of anilines is 1. The molecule has 5 heteroatoms. The van der Waals surface area contributed by atoms with E-state index in [4.69, 9.17) is 5.11 Å². The summed E-state index contributed by atoms with van der Waals surface area (Å²) in [5.41, 5.74) is 1.20. The van der Waals surface area contributed by atoms with Crippen LogP contribution in [0.1, 0.15) is 31.1 Å². The number of ketones is 1. The number of amides is 2. The van der Waals surface area contributed by atoms with E-state index in [1.807, 2.05) is 13.8 Å². The highest BCUT2D eigenvalue weighted by molar-refractivity contribution is 5.95. The maximum absolute atomic E-state index is 11.7. The molecular weight excluding hydrogens is 244 g/mol. The van der Waals surface area contributed by atoms with E-state index in [0.29, 0.717) is 11.3 Å². The van der Waals surface area contributed by atoms with Crippen molar-refractivity contribution in [3.8, 4) is 0 Å². The van der Waals surface area contributed by atoms with Crippen LogP contribution in [0.2, 0.25) is 0 Å². The van der Waals surface area contributed by atoms with Crippen LogP contribution in [0.4, 0.5) is 10.5 Å². The van der Waals surface area contributed by atoms with Crippen molar-refractivity contribution in [3.63, 3.8) is 0 Å². The van der Waals surface area contributed by atoms with Gasteiger partial charge in [0.15, 0.2) is 5.78 Å². The number of aliphatic hydroxyl groups excluding tert-OH is 1. The summed E-state index contributed by atoms with van der Waals surface area (Å²) in [6.45, 7) is 5.23. The van der Waals surface area contributed by atoms with E-state index < -0.39 is 0 Å². The van der Waals surface area contributed by atoms with Crippen molar-refractivity contribution < 1.29 is 14.7 Å². The second-order valence-corrected chi connectivity index (χ2v) is 4.77. The Morgan fingerprint density at radius 1 is 1.21 bits per heavy atom. The number of hydrogen-bond acceptors (Lipinski definition) is 3. The van der Waals surface area contributed by atoms with E-state index in [-0.39, 0.29) is 30.4 Å². The Hall–Kier alpha value is -1.88. The molecule has 0 aliphatic carbocycles. The predicted octanol–water partition coefficient (Wildman–Crippen LogP) is 2.03. The highest BCUT2D eigenvalue weighted by Crippen LogP contribution is 2.10. The fourth-order valence-electron chi connectivity index (χ4n) is 1.55. The first-order valence-electron chi connectivity index (χ1n) is 6.23. The molecule has 1 rings (SSSR count). The van der Waals surface area contributed by atoms with Crippen LogP contribution in [0.25, 0.3) is 0 Å². The molecule has 0 radical (unpaired) electrons. The first-order chi connectivity index (χ1) is 8.93. The summed E-state index contributed by atoms with van der Waals surface area (Å²) in [6.07, 6.45) is 0. The van der Waals surface area contributed by atoms with Gasteiger partial charge in [-0.2, -0.15) is 0 Å². The number of rotatable bonds is 5. The molecular formula is C14H20N2O3. The first-order valence-corrected chi connectivity index (χ1v) is 6.23. The number of aliphatic hydroxyl groups is 1. The topological polar surface area (TPSA) is 78.4 Å². The number of carbonyl (C=O) groups excluding carboxylic acids is 2. The maximum Gasteiger partial charge on any atom is 0.319 e. The van der Waals surface area contributed by atoms with Crippen LogP contribution in [0, 0.1) is 5.92 Å². The molecule has 0 aliphatic heterocycles. The number of Topliss-reactive ketones (excluding diaryl/α,β-unsaturated/α-hetero) is 1. The standard InChI is InChI=1S/C14H20N2O3/c1-9(2)13(8-17)16-14(19)15-12-6-4-11(5-7-12)10(3)18/h4-7,9,13,17H,8H2,1-3H3,(H2,15,16,19)/t13-/m1/s1. The van der Waals surface area contributed by atoms with Crippen LogP contribution in [-0.2, 0) is 0 Å². The van der Waals surface area contributed by atoms with Gasteiger partial charge < -0.3 is 15.7 Å². The van der Waals surface area contributed by atoms with Gasteiger partial charge in [-0.3, -0.25) is 4.79 Å². The van der Waals surface area contributed by atoms with Crippen molar-refractivity contribution >= 4 is 17.5 Å². The van der Waals surface area contributed by atoms with Gasteiger partial charge in [-0.1, -0.05) is 13.8 Å². The van der Waals surface area contributed by atoms with Crippen molar-refractivity contribution in [1.29, 1.82) is 0 Å². The molecule has 1 aromatic rings. The van der Waals surface area contributed by atoms with Crippen molar-refractivity contribution in [2.75, 3.05) is 11.9 Å². The Morgan fingerprint density at radius 2 is 1.79 bits per heavy atom. The molecule has 1 atom stereocenters. The highest BCUT2D eigenvalue weighted by Gasteiger charge is 2.14. The Labute approximate surface area is 113 Å². The maximum atomic E-state index is 11.7. The summed E-state index contributed by atoms with van der Waals surface area (Å²) >= 11 is 0. The van der Waals surface area contributed by atoms with E-state index in [9.17, 15) is 9.59 Å². The van der Waals surface area contributed by atoms with E-state index >= 15 is 0 Å². The molecule has 104 valence electrons. The van der Waals surface area contributed by atoms with Crippen molar-refractivity contribution in [3.05, 3.63) is 29.8 Å². The third-order valence-corrected chi connectivity index (χ3v) is 2.87. The van der Waals surface area contributed by atoms with Crippen molar-refractivity contribution in [2.45, 2.75) is 26.8 Å². The molecule has 0 spiro atoms. The molecule has 0 unspecified atom stereocenters. The second kappa shape index (κ2) is 6.89. The van der Waals surface area contributed by atoms with E-state index in [1.54, 1.807) is 24.3 Å². The summed E-state index contributed by atoms with van der Waals surface area (Å²) in [5, 5.41) is 14.5. The molecule has 0 bridgehead atoms. The van der Waals surface area contributed by atoms with Crippen LogP contribution < -0.4 is 10.6 Å². The van der Waals surface area contributed by atoms with E-state index in [0.717, 1.165) is 0 Å². The lowest BCUT2D eigenvalue weighted by atomic mass is 10.1. The smallest absolute Gasteiger partial charge is 0.319 e. The molecule has 0 fully saturated rings. The molecule has 3 N–H and O–H groups in total. The summed E-state index contributed by atoms with van der Waals surface area (Å²) in [5.74, 6) is 0.131. The largest absolute Gasteiger partial charge is 0.394 e. The van der Waals surface area contributed by atoms with Crippen LogP contribution in [0.5, 0.6) is 0 Å². The number of benzene rings is 1. The number of hydrogen-bond donors (Lipinski definition) is 3. The quantitative estimate of drug-likeness (QED) is 0.712. The molecule has 0 heterocycles. The molecule has 19 heavy (non-hydrogen) atoms. The predicted molar refractivity (Wildman–Crippen MR) is 74.3 cm³/mol. The van der Waals surface area contributed by atoms with E-state index in [1.165, 1.54) is 6.92 Å². The molecule has 0 saturated carbocycles. The van der Waals surface area contributed by atoms with Crippen LogP contribution in [0.15, 0.2) is 24.3 Å². The van der Waals surface area contributed by atoms with Gasteiger partial charge in [0.05, 0.1) is 12.6 Å². The highest BCUT2D eigenvalue weighted by atomic mass is 16.3. The first kappa shape index (κ1) is 15.2. The zero-order valence-electron chi connectivity index (χ0n) is 11.4. The zero-order chi connectivity index (χ0) is 14.4. The SMILES string of the molecule is CC(=O)c1ccc(NC(=O)N[C@H](CO)C(C)C)cc1. The Kier molecular flexibility index (Phi) is 5.51. The third kappa shape index (κ3) is 4.71. The lowest BCUT2D eigenvalue weighted by molar-refractivity contribution is 0.101. The van der Waals surface area contributed by atoms with Crippen LogP contribution >= 0.6 is 0 Å². The van der Waals surface area contributed by atoms with Crippen molar-refractivity contribution in [2.24, 2.45) is 5.92 Å². The molecule has 0 aromatic heterocycles. The molecule has 5 nitrogen and oxygen atoms in total.